The first kappa shape index (κ1) is 25.2. The molecule has 0 bridgehead atoms. The van der Waals surface area contributed by atoms with Gasteiger partial charge in [0.05, 0.1) is 18.9 Å². The van der Waals surface area contributed by atoms with Crippen LogP contribution < -0.4 is 31.7 Å². The minimum absolute atomic E-state index is 0.0948. The Labute approximate surface area is 208 Å². The largest absolute Gasteiger partial charge is 0.465 e. The maximum absolute atomic E-state index is 13.2. The molecule has 2 aromatic rings. The number of morpholine rings is 1. The molecule has 0 spiro atoms. The zero-order valence-electron chi connectivity index (χ0n) is 20.4. The third-order valence-electron chi connectivity index (χ3n) is 6.27. The van der Waals surface area contributed by atoms with Gasteiger partial charge in [-0.2, -0.15) is 4.98 Å². The van der Waals surface area contributed by atoms with Gasteiger partial charge in [0.25, 0.3) is 11.5 Å². The van der Waals surface area contributed by atoms with Gasteiger partial charge < -0.3 is 40.6 Å². The van der Waals surface area contributed by atoms with Gasteiger partial charge in [0.2, 0.25) is 5.95 Å². The van der Waals surface area contributed by atoms with Crippen LogP contribution in [0.1, 0.15) is 43.1 Å². The fourth-order valence-corrected chi connectivity index (χ4v) is 4.46. The molecule has 2 aromatic heterocycles. The van der Waals surface area contributed by atoms with Gasteiger partial charge in [0.1, 0.15) is 17.1 Å². The van der Waals surface area contributed by atoms with Crippen LogP contribution in [0.3, 0.4) is 0 Å². The van der Waals surface area contributed by atoms with Crippen LogP contribution in [0.25, 0.3) is 0 Å². The maximum Gasteiger partial charge on any atom is 0.404 e. The summed E-state index contributed by atoms with van der Waals surface area (Å²) in [5, 5.41) is 14.8. The number of rotatable bonds is 7. The number of carbonyl (C=O) groups is 2. The second-order valence-electron chi connectivity index (χ2n) is 9.18. The summed E-state index contributed by atoms with van der Waals surface area (Å²) in [5.74, 6) is -0.133. The monoisotopic (exact) mass is 500 g/mol. The quantitative estimate of drug-likeness (QED) is 0.432. The lowest BCUT2D eigenvalue weighted by Crippen LogP contribution is -2.48. The molecule has 2 aliphatic rings. The first-order valence-corrected chi connectivity index (χ1v) is 12.0. The van der Waals surface area contributed by atoms with Crippen LogP contribution in [0.4, 0.5) is 27.9 Å². The molecule has 0 saturated carbocycles. The number of piperidine rings is 1. The van der Waals surface area contributed by atoms with E-state index in [1.807, 2.05) is 23.6 Å². The number of primary amides is 1. The molecule has 2 saturated heterocycles. The third-order valence-corrected chi connectivity index (χ3v) is 6.27. The molecule has 2 amide bonds. The highest BCUT2D eigenvalue weighted by atomic mass is 16.5. The van der Waals surface area contributed by atoms with Crippen molar-refractivity contribution < 1.29 is 19.4 Å². The average Bonchev–Trinajstić information content (AvgIpc) is 2.85. The Kier molecular flexibility index (Phi) is 7.58. The van der Waals surface area contributed by atoms with Gasteiger partial charge in [-0.25, -0.2) is 9.78 Å². The number of hydrogen-bond acceptors (Lipinski definition) is 9. The minimum atomic E-state index is -1.08. The Morgan fingerprint density at radius 3 is 2.64 bits per heavy atom. The van der Waals surface area contributed by atoms with E-state index in [1.165, 1.54) is 6.20 Å². The predicted molar refractivity (Wildman–Crippen MR) is 134 cm³/mol. The molecule has 5 N–H and O–H groups in total. The first-order chi connectivity index (χ1) is 17.2. The Morgan fingerprint density at radius 2 is 1.97 bits per heavy atom. The molecule has 2 fully saturated rings. The van der Waals surface area contributed by atoms with Crippen LogP contribution in [0.15, 0.2) is 23.3 Å². The summed E-state index contributed by atoms with van der Waals surface area (Å²) in [5.41, 5.74) is 6.69. The van der Waals surface area contributed by atoms with E-state index in [0.29, 0.717) is 63.1 Å². The Bertz CT molecular complexity index is 1180. The summed E-state index contributed by atoms with van der Waals surface area (Å²) in [7, 11) is 0. The number of nitrogens with one attached hydrogen (secondary N) is 2. The minimum Gasteiger partial charge on any atom is -0.465 e. The van der Waals surface area contributed by atoms with Crippen molar-refractivity contribution in [2.75, 3.05) is 54.5 Å². The number of pyridine rings is 1. The van der Waals surface area contributed by atoms with Crippen molar-refractivity contribution in [3.8, 4) is 0 Å². The predicted octanol–water partition coefficient (Wildman–Crippen LogP) is 1.13. The van der Waals surface area contributed by atoms with E-state index in [1.54, 1.807) is 16.8 Å². The zero-order valence-corrected chi connectivity index (χ0v) is 20.4. The number of nitrogens with two attached hydrogens (primary N) is 1. The number of nitrogens with zero attached hydrogens (tertiary/aromatic N) is 5. The Morgan fingerprint density at radius 1 is 1.22 bits per heavy atom. The highest BCUT2D eigenvalue weighted by Crippen LogP contribution is 2.25. The second-order valence-corrected chi connectivity index (χ2v) is 9.18. The summed E-state index contributed by atoms with van der Waals surface area (Å²) < 4.78 is 7.06. The Balaban J connectivity index is 1.68. The fourth-order valence-electron chi connectivity index (χ4n) is 4.46. The van der Waals surface area contributed by atoms with Gasteiger partial charge in [-0.05, 0) is 32.8 Å². The van der Waals surface area contributed by atoms with Crippen molar-refractivity contribution in [1.29, 1.82) is 0 Å². The number of carboxylic acid groups (broad SMARTS) is 1. The second kappa shape index (κ2) is 10.8. The van der Waals surface area contributed by atoms with Crippen LogP contribution in [-0.4, -0.2) is 77.1 Å². The van der Waals surface area contributed by atoms with Crippen LogP contribution in [0.2, 0.25) is 0 Å². The third kappa shape index (κ3) is 5.67. The van der Waals surface area contributed by atoms with Gasteiger partial charge in [-0.1, -0.05) is 0 Å². The molecular formula is C23H32N8O5. The molecule has 0 unspecified atom stereocenters. The topological polar surface area (TPSA) is 168 Å². The lowest BCUT2D eigenvalue weighted by molar-refractivity contribution is 0.100. The van der Waals surface area contributed by atoms with Gasteiger partial charge in [-0.15, -0.1) is 0 Å². The number of aromatic nitrogens is 3. The summed E-state index contributed by atoms with van der Waals surface area (Å²) in [4.78, 5) is 49.1. The van der Waals surface area contributed by atoms with Crippen LogP contribution in [0.5, 0.6) is 0 Å². The van der Waals surface area contributed by atoms with Gasteiger partial charge in [-0.3, -0.25) is 9.59 Å². The highest BCUT2D eigenvalue weighted by molar-refractivity contribution is 5.98. The molecular weight excluding hydrogens is 468 g/mol. The normalized spacial score (nSPS) is 18.2. The van der Waals surface area contributed by atoms with E-state index in [2.05, 4.69) is 20.6 Å². The van der Waals surface area contributed by atoms with E-state index >= 15 is 0 Å². The number of carbonyl (C=O) groups excluding carboxylic acids is 1. The smallest absolute Gasteiger partial charge is 0.404 e. The van der Waals surface area contributed by atoms with Gasteiger partial charge in [0.15, 0.2) is 0 Å². The molecule has 13 nitrogen and oxygen atoms in total. The van der Waals surface area contributed by atoms with Crippen LogP contribution >= 0.6 is 0 Å². The van der Waals surface area contributed by atoms with Crippen molar-refractivity contribution in [1.82, 2.24) is 19.9 Å². The number of ether oxygens (including phenoxy) is 1. The maximum atomic E-state index is 13.2. The SMILES string of the molecule is CC(C)n1cc(Nc2nc(N3CCC[C@H](NC(=O)O)C3)ncc2C(N)=O)cc(N2CCOCC2)c1=O. The summed E-state index contributed by atoms with van der Waals surface area (Å²) >= 11 is 0. The molecule has 1 atom stereocenters. The van der Waals surface area contributed by atoms with Gasteiger partial charge >= 0.3 is 6.09 Å². The summed E-state index contributed by atoms with van der Waals surface area (Å²) in [6.07, 6.45) is 3.45. The first-order valence-electron chi connectivity index (χ1n) is 12.0. The molecule has 4 heterocycles. The molecule has 4 rings (SSSR count). The van der Waals surface area contributed by atoms with E-state index in [4.69, 9.17) is 15.6 Å². The molecule has 0 aliphatic carbocycles. The van der Waals surface area contributed by atoms with E-state index in [0.717, 1.165) is 6.42 Å². The standard InChI is InChI=1S/C23H32N8O5/c1-14(2)31-13-16(10-18(21(31)33)29-6-8-36-9-7-29)26-20-17(19(24)32)11-25-22(28-20)30-5-3-4-15(12-30)27-23(34)35/h10-11,13-15,27H,3-9,12H2,1-2H3,(H2,24,32)(H,34,35)(H,25,26,28)/t15-/m0/s1. The van der Waals surface area contributed by atoms with Crippen molar-refractivity contribution >= 4 is 35.1 Å². The molecule has 13 heteroatoms. The molecule has 194 valence electrons. The highest BCUT2D eigenvalue weighted by Gasteiger charge is 2.25. The van der Waals surface area contributed by atoms with E-state index < -0.39 is 12.0 Å². The average molecular weight is 501 g/mol. The van der Waals surface area contributed by atoms with Crippen molar-refractivity contribution in [3.05, 3.63) is 34.4 Å². The Hall–Kier alpha value is -3.87. The van der Waals surface area contributed by atoms with Crippen LogP contribution in [0, 0.1) is 0 Å². The van der Waals surface area contributed by atoms with E-state index in [-0.39, 0.29) is 29.0 Å². The molecule has 36 heavy (non-hydrogen) atoms. The van der Waals surface area contributed by atoms with Crippen LogP contribution in [-0.2, 0) is 4.74 Å². The molecule has 0 aromatic carbocycles. The molecule has 0 radical (unpaired) electrons. The van der Waals surface area contributed by atoms with Crippen molar-refractivity contribution in [3.63, 3.8) is 0 Å². The van der Waals surface area contributed by atoms with Crippen molar-refractivity contribution in [2.24, 2.45) is 5.73 Å². The molecule has 2 aliphatic heterocycles. The summed E-state index contributed by atoms with van der Waals surface area (Å²) in [6.45, 7) is 7.16. The number of amides is 2. The van der Waals surface area contributed by atoms with E-state index in [9.17, 15) is 14.4 Å². The fraction of sp³-hybridized carbons (Fsp3) is 0.522. The number of anilines is 4. The zero-order chi connectivity index (χ0) is 25.8. The number of hydrogen-bond donors (Lipinski definition) is 4. The summed E-state index contributed by atoms with van der Waals surface area (Å²) in [6, 6.07) is 1.40. The lowest BCUT2D eigenvalue weighted by Gasteiger charge is -2.32. The van der Waals surface area contributed by atoms with Crippen molar-refractivity contribution in [2.45, 2.75) is 38.8 Å². The lowest BCUT2D eigenvalue weighted by atomic mass is 10.1. The van der Waals surface area contributed by atoms with Gasteiger partial charge in [0, 0.05) is 50.7 Å².